The molecule has 1 amide bonds. The number of fused-ring (bicyclic) bond motifs is 5. The van der Waals surface area contributed by atoms with E-state index < -0.39 is 11.9 Å². The van der Waals surface area contributed by atoms with E-state index in [1.54, 1.807) is 49.5 Å². The Morgan fingerprint density at radius 2 is 1.97 bits per heavy atom. The van der Waals surface area contributed by atoms with E-state index in [-0.39, 0.29) is 30.3 Å². The molecule has 3 aromatic rings. The van der Waals surface area contributed by atoms with E-state index >= 15 is 0 Å². The summed E-state index contributed by atoms with van der Waals surface area (Å²) >= 11 is 0. The highest BCUT2D eigenvalue weighted by molar-refractivity contribution is 6.06. The Labute approximate surface area is 193 Å². The predicted molar refractivity (Wildman–Crippen MR) is 116 cm³/mol. The molecule has 0 aliphatic carbocycles. The number of nitrogens with one attached hydrogen (secondary N) is 1. The number of aromatic nitrogens is 2. The van der Waals surface area contributed by atoms with Crippen LogP contribution in [0.5, 0.6) is 11.5 Å². The average molecular weight is 470 g/mol. The molecule has 7 nitrogen and oxygen atoms in total. The molecule has 1 aromatic heterocycles. The van der Waals surface area contributed by atoms with Gasteiger partial charge in [-0.15, -0.1) is 0 Å². The Morgan fingerprint density at radius 1 is 1.15 bits per heavy atom. The molecule has 2 aromatic carbocycles. The molecule has 1 fully saturated rings. The normalized spacial score (nSPS) is 20.4. The lowest BCUT2D eigenvalue weighted by Gasteiger charge is -2.23. The molecule has 3 aliphatic rings. The van der Waals surface area contributed by atoms with Crippen LogP contribution in [-0.4, -0.2) is 35.6 Å². The molecular formula is C24H21F3N4O3. The minimum Gasteiger partial charge on any atom is -0.454 e. The molecule has 176 valence electrons. The van der Waals surface area contributed by atoms with Gasteiger partial charge in [-0.05, 0) is 43.2 Å². The Kier molecular flexibility index (Phi) is 4.63. The third-order valence-corrected chi connectivity index (χ3v) is 6.70. The lowest BCUT2D eigenvalue weighted by molar-refractivity contribution is -0.142. The highest BCUT2D eigenvalue weighted by atomic mass is 19.4. The van der Waals surface area contributed by atoms with Crippen molar-refractivity contribution in [2.24, 2.45) is 0 Å². The molecular weight excluding hydrogens is 449 g/mol. The van der Waals surface area contributed by atoms with Gasteiger partial charge in [0.2, 0.25) is 6.79 Å². The lowest BCUT2D eigenvalue weighted by Crippen LogP contribution is -2.33. The fraction of sp³-hybridized carbons (Fsp3) is 0.333. The zero-order valence-corrected chi connectivity index (χ0v) is 18.2. The van der Waals surface area contributed by atoms with Crippen LogP contribution >= 0.6 is 0 Å². The molecule has 2 bridgehead atoms. The predicted octanol–water partition coefficient (Wildman–Crippen LogP) is 4.25. The number of hydrogen-bond acceptors (Lipinski definition) is 5. The van der Waals surface area contributed by atoms with E-state index in [4.69, 9.17) is 9.47 Å². The van der Waals surface area contributed by atoms with Crippen molar-refractivity contribution in [3.63, 3.8) is 0 Å². The van der Waals surface area contributed by atoms with Crippen molar-refractivity contribution in [2.45, 2.75) is 37.5 Å². The smallest absolute Gasteiger partial charge is 0.435 e. The van der Waals surface area contributed by atoms with Crippen molar-refractivity contribution in [3.05, 3.63) is 65.0 Å². The minimum atomic E-state index is -4.56. The van der Waals surface area contributed by atoms with Gasteiger partial charge >= 0.3 is 6.18 Å². The summed E-state index contributed by atoms with van der Waals surface area (Å²) in [4.78, 5) is 14.7. The second-order valence-electron chi connectivity index (χ2n) is 8.77. The summed E-state index contributed by atoms with van der Waals surface area (Å²) in [5.74, 6) is 0.857. The van der Waals surface area contributed by atoms with Crippen molar-refractivity contribution in [1.29, 1.82) is 0 Å². The first-order valence-corrected chi connectivity index (χ1v) is 11.0. The number of benzene rings is 2. The third kappa shape index (κ3) is 3.32. The summed E-state index contributed by atoms with van der Waals surface area (Å²) in [5.41, 5.74) is 1.32. The fourth-order valence-electron chi connectivity index (χ4n) is 5.07. The molecule has 4 heterocycles. The largest absolute Gasteiger partial charge is 0.454 e. The first-order valence-electron chi connectivity index (χ1n) is 11.0. The number of rotatable bonds is 3. The standard InChI is InChI=1S/C24H21F3N4O3/c1-30(15-6-8-19-20(11-15)34-12-33-19)23(32)13-3-2-4-16(9-13)31-18-10-14-5-7-17(28-14)21(18)22(29-31)24(25,26)27/h2-4,6,8-9,11,14,17,28H,5,7,10,12H2,1H3/t14-,17+/m1/s1. The van der Waals surface area contributed by atoms with Crippen LogP contribution in [-0.2, 0) is 12.6 Å². The van der Waals surface area contributed by atoms with E-state index in [2.05, 4.69) is 10.4 Å². The van der Waals surface area contributed by atoms with Gasteiger partial charge in [0.15, 0.2) is 17.2 Å². The molecule has 0 radical (unpaired) electrons. The van der Waals surface area contributed by atoms with E-state index in [0.29, 0.717) is 47.0 Å². The lowest BCUT2D eigenvalue weighted by atomic mass is 9.99. The molecule has 10 heteroatoms. The summed E-state index contributed by atoms with van der Waals surface area (Å²) in [6.07, 6.45) is -2.61. The van der Waals surface area contributed by atoms with Crippen molar-refractivity contribution < 1.29 is 27.4 Å². The maximum atomic E-state index is 13.8. The topological polar surface area (TPSA) is 68.6 Å². The molecule has 0 saturated carbocycles. The van der Waals surface area contributed by atoms with Gasteiger partial charge in [0.1, 0.15) is 0 Å². The number of nitrogens with zero attached hydrogens (tertiary/aromatic N) is 3. The Bertz CT molecular complexity index is 1300. The second-order valence-corrected chi connectivity index (χ2v) is 8.77. The Balaban J connectivity index is 1.37. The van der Waals surface area contributed by atoms with Gasteiger partial charge < -0.3 is 19.7 Å². The van der Waals surface area contributed by atoms with Crippen LogP contribution in [0.25, 0.3) is 5.69 Å². The number of carbonyl (C=O) groups excluding carboxylic acids is 1. The van der Waals surface area contributed by atoms with Gasteiger partial charge in [-0.1, -0.05) is 6.07 Å². The Morgan fingerprint density at radius 3 is 2.79 bits per heavy atom. The third-order valence-electron chi connectivity index (χ3n) is 6.70. The number of anilines is 1. The summed E-state index contributed by atoms with van der Waals surface area (Å²) < 4.78 is 53.6. The van der Waals surface area contributed by atoms with Gasteiger partial charge in [-0.25, -0.2) is 4.68 Å². The fourth-order valence-corrected chi connectivity index (χ4v) is 5.07. The summed E-state index contributed by atoms with van der Waals surface area (Å²) in [7, 11) is 1.63. The zero-order valence-electron chi connectivity index (χ0n) is 18.2. The number of ether oxygens (including phenoxy) is 2. The van der Waals surface area contributed by atoms with E-state index in [1.165, 1.54) is 9.58 Å². The first kappa shape index (κ1) is 21.0. The maximum Gasteiger partial charge on any atom is 0.435 e. The Hall–Kier alpha value is -3.53. The highest BCUT2D eigenvalue weighted by Crippen LogP contribution is 2.44. The molecule has 1 N–H and O–H groups in total. The van der Waals surface area contributed by atoms with Crippen molar-refractivity contribution in [3.8, 4) is 17.2 Å². The second kappa shape index (κ2) is 7.49. The highest BCUT2D eigenvalue weighted by Gasteiger charge is 2.45. The number of alkyl halides is 3. The molecule has 0 unspecified atom stereocenters. The van der Waals surface area contributed by atoms with E-state index in [1.807, 2.05) is 0 Å². The molecule has 0 spiro atoms. The maximum absolute atomic E-state index is 13.8. The van der Waals surface area contributed by atoms with Gasteiger partial charge in [0.05, 0.1) is 11.4 Å². The van der Waals surface area contributed by atoms with Crippen LogP contribution < -0.4 is 19.7 Å². The van der Waals surface area contributed by atoms with E-state index in [0.717, 1.165) is 6.42 Å². The molecule has 6 rings (SSSR count). The molecule has 34 heavy (non-hydrogen) atoms. The van der Waals surface area contributed by atoms with Crippen LogP contribution in [0, 0.1) is 0 Å². The molecule has 1 saturated heterocycles. The summed E-state index contributed by atoms with van der Waals surface area (Å²) in [5, 5.41) is 7.26. The van der Waals surface area contributed by atoms with Gasteiger partial charge in [-0.2, -0.15) is 18.3 Å². The van der Waals surface area contributed by atoms with Crippen molar-refractivity contribution >= 4 is 11.6 Å². The van der Waals surface area contributed by atoms with Crippen molar-refractivity contribution in [2.75, 3.05) is 18.7 Å². The summed E-state index contributed by atoms with van der Waals surface area (Å²) in [6.45, 7) is 0.129. The number of amides is 1. The quantitative estimate of drug-likeness (QED) is 0.620. The number of hydrogen-bond donors (Lipinski definition) is 1. The molecule has 2 atom stereocenters. The average Bonchev–Trinajstić information content (AvgIpc) is 3.55. The summed E-state index contributed by atoms with van der Waals surface area (Å²) in [6, 6.07) is 11.5. The van der Waals surface area contributed by atoms with Gasteiger partial charge in [0, 0.05) is 48.4 Å². The van der Waals surface area contributed by atoms with Gasteiger partial charge in [-0.3, -0.25) is 4.79 Å². The number of halogens is 3. The van der Waals surface area contributed by atoms with Crippen LogP contribution in [0.3, 0.4) is 0 Å². The number of carbonyl (C=O) groups is 1. The zero-order chi connectivity index (χ0) is 23.6. The first-order chi connectivity index (χ1) is 16.3. The van der Waals surface area contributed by atoms with Crippen molar-refractivity contribution in [1.82, 2.24) is 15.1 Å². The van der Waals surface area contributed by atoms with Crippen LogP contribution in [0.4, 0.5) is 18.9 Å². The van der Waals surface area contributed by atoms with Gasteiger partial charge in [0.25, 0.3) is 5.91 Å². The SMILES string of the molecule is CN(C(=O)c1cccc(-n2nc(C(F)(F)F)c3c2C[C@H]2CC[C@@H]3N2)c1)c1ccc2c(c1)OCO2. The monoisotopic (exact) mass is 470 g/mol. The minimum absolute atomic E-state index is 0.129. The van der Waals surface area contributed by atoms with E-state index in [9.17, 15) is 18.0 Å². The van der Waals surface area contributed by atoms with Crippen LogP contribution in [0.2, 0.25) is 0 Å². The van der Waals surface area contributed by atoms with Crippen LogP contribution in [0.15, 0.2) is 42.5 Å². The molecule has 3 aliphatic heterocycles. The van der Waals surface area contributed by atoms with Crippen LogP contribution in [0.1, 0.15) is 46.2 Å².